The van der Waals surface area contributed by atoms with E-state index in [-0.39, 0.29) is 5.56 Å². The molecule has 19 heavy (non-hydrogen) atoms. The number of halogens is 1. The van der Waals surface area contributed by atoms with Crippen molar-refractivity contribution in [1.29, 1.82) is 0 Å². The molecule has 0 amide bonds. The second-order valence-electron chi connectivity index (χ2n) is 4.18. The number of rotatable bonds is 4. The third kappa shape index (κ3) is 3.70. The van der Waals surface area contributed by atoms with Crippen LogP contribution in [0.2, 0.25) is 0 Å². The monoisotopic (exact) mass is 368 g/mol. The summed E-state index contributed by atoms with van der Waals surface area (Å²) in [6.45, 7) is 0. The van der Waals surface area contributed by atoms with Crippen LogP contribution in [0.15, 0.2) is 42.5 Å². The molecule has 1 N–H and O–H groups in total. The Kier molecular flexibility index (Phi) is 4.42. The number of aromatic carboxylic acids is 1. The van der Waals surface area contributed by atoms with Gasteiger partial charge in [0, 0.05) is 3.57 Å². The Morgan fingerprint density at radius 3 is 2.63 bits per heavy atom. The van der Waals surface area contributed by atoms with E-state index in [2.05, 4.69) is 28.7 Å². The molecule has 4 heteroatoms. The van der Waals surface area contributed by atoms with Gasteiger partial charge in [-0.05, 0) is 70.5 Å². The zero-order valence-electron chi connectivity index (χ0n) is 10.4. The van der Waals surface area contributed by atoms with Crippen LogP contribution in [0.25, 0.3) is 0 Å². The lowest BCUT2D eigenvalue weighted by molar-refractivity contribution is 0.0696. The summed E-state index contributed by atoms with van der Waals surface area (Å²) in [6.07, 6.45) is 0.689. The van der Waals surface area contributed by atoms with Crippen molar-refractivity contribution < 1.29 is 14.6 Å². The highest BCUT2D eigenvalue weighted by atomic mass is 127. The van der Waals surface area contributed by atoms with Crippen molar-refractivity contribution in [2.75, 3.05) is 7.11 Å². The van der Waals surface area contributed by atoms with Crippen LogP contribution in [0, 0.1) is 3.57 Å². The Hall–Kier alpha value is -1.56. The lowest BCUT2D eigenvalue weighted by Crippen LogP contribution is -2.00. The number of methoxy groups -OCH3 is 1. The summed E-state index contributed by atoms with van der Waals surface area (Å²) in [5.74, 6) is -0.372. The average molecular weight is 368 g/mol. The Labute approximate surface area is 125 Å². The van der Waals surface area contributed by atoms with Crippen molar-refractivity contribution in [2.24, 2.45) is 0 Å². The molecule has 0 spiro atoms. The Balaban J connectivity index is 2.34. The van der Waals surface area contributed by atoms with E-state index in [4.69, 9.17) is 9.84 Å². The van der Waals surface area contributed by atoms with Gasteiger partial charge in [0.15, 0.2) is 0 Å². The standard InChI is InChI=1S/C15H13IO3/c1-19-14-8-11(6-12(9-14)15(17)18)5-10-3-2-4-13(16)7-10/h2-4,6-9H,5H2,1H3,(H,17,18). The van der Waals surface area contributed by atoms with Gasteiger partial charge in [0.2, 0.25) is 0 Å². The van der Waals surface area contributed by atoms with Crippen LogP contribution in [0.4, 0.5) is 0 Å². The first kappa shape index (κ1) is 13.9. The third-order valence-electron chi connectivity index (χ3n) is 2.75. The molecule has 0 unspecified atom stereocenters. The van der Waals surface area contributed by atoms with Crippen molar-refractivity contribution in [3.05, 3.63) is 62.7 Å². The molecular formula is C15H13IO3. The molecule has 2 rings (SSSR count). The number of hydrogen-bond donors (Lipinski definition) is 1. The molecule has 2 aromatic rings. The molecule has 0 bridgehead atoms. The summed E-state index contributed by atoms with van der Waals surface area (Å²) in [7, 11) is 1.54. The van der Waals surface area contributed by atoms with E-state index >= 15 is 0 Å². The molecule has 0 aliphatic heterocycles. The van der Waals surface area contributed by atoms with Gasteiger partial charge < -0.3 is 9.84 Å². The highest BCUT2D eigenvalue weighted by molar-refractivity contribution is 14.1. The van der Waals surface area contributed by atoms with Crippen LogP contribution in [-0.4, -0.2) is 18.2 Å². The number of benzene rings is 2. The summed E-state index contributed by atoms with van der Waals surface area (Å²) >= 11 is 2.26. The molecule has 98 valence electrons. The maximum atomic E-state index is 11.1. The van der Waals surface area contributed by atoms with Crippen LogP contribution in [0.5, 0.6) is 5.75 Å². The summed E-state index contributed by atoms with van der Waals surface area (Å²) in [4.78, 5) is 11.1. The van der Waals surface area contributed by atoms with Crippen molar-refractivity contribution >= 4 is 28.6 Å². The maximum Gasteiger partial charge on any atom is 0.335 e. The van der Waals surface area contributed by atoms with E-state index in [1.807, 2.05) is 24.3 Å². The van der Waals surface area contributed by atoms with Gasteiger partial charge in [0.25, 0.3) is 0 Å². The molecule has 0 saturated heterocycles. The van der Waals surface area contributed by atoms with Gasteiger partial charge >= 0.3 is 5.97 Å². The SMILES string of the molecule is COc1cc(Cc2cccc(I)c2)cc(C(=O)O)c1. The van der Waals surface area contributed by atoms with E-state index in [1.54, 1.807) is 6.07 Å². The minimum absolute atomic E-state index is 0.250. The Morgan fingerprint density at radius 2 is 2.00 bits per heavy atom. The molecule has 0 heterocycles. The minimum atomic E-state index is -0.942. The fourth-order valence-electron chi connectivity index (χ4n) is 1.89. The number of carboxylic acid groups (broad SMARTS) is 1. The number of carboxylic acids is 1. The predicted octanol–water partition coefficient (Wildman–Crippen LogP) is 3.59. The van der Waals surface area contributed by atoms with Gasteiger partial charge in [-0.25, -0.2) is 4.79 Å². The molecule has 0 saturated carbocycles. The van der Waals surface area contributed by atoms with E-state index < -0.39 is 5.97 Å². The second kappa shape index (κ2) is 6.06. The molecule has 0 aromatic heterocycles. The first-order valence-corrected chi connectivity index (χ1v) is 6.82. The largest absolute Gasteiger partial charge is 0.497 e. The normalized spacial score (nSPS) is 10.2. The van der Waals surface area contributed by atoms with Crippen molar-refractivity contribution in [3.63, 3.8) is 0 Å². The van der Waals surface area contributed by atoms with Gasteiger partial charge in [-0.2, -0.15) is 0 Å². The Morgan fingerprint density at radius 1 is 1.21 bits per heavy atom. The van der Waals surface area contributed by atoms with Crippen LogP contribution in [-0.2, 0) is 6.42 Å². The zero-order valence-corrected chi connectivity index (χ0v) is 12.5. The second-order valence-corrected chi connectivity index (χ2v) is 5.43. The Bertz CT molecular complexity index is 608. The van der Waals surface area contributed by atoms with Crippen LogP contribution in [0.1, 0.15) is 21.5 Å². The first-order chi connectivity index (χ1) is 9.08. The number of ether oxygens (including phenoxy) is 1. The van der Waals surface area contributed by atoms with Gasteiger partial charge in [-0.3, -0.25) is 0 Å². The molecule has 0 aliphatic carbocycles. The first-order valence-electron chi connectivity index (χ1n) is 5.74. The molecule has 0 atom stereocenters. The molecule has 0 fully saturated rings. The van der Waals surface area contributed by atoms with E-state index in [0.717, 1.165) is 14.7 Å². The van der Waals surface area contributed by atoms with Gasteiger partial charge in [-0.15, -0.1) is 0 Å². The van der Waals surface area contributed by atoms with Crippen molar-refractivity contribution in [1.82, 2.24) is 0 Å². The summed E-state index contributed by atoms with van der Waals surface area (Å²) in [6, 6.07) is 13.2. The van der Waals surface area contributed by atoms with Crippen LogP contribution in [0.3, 0.4) is 0 Å². The van der Waals surface area contributed by atoms with Gasteiger partial charge in [0.1, 0.15) is 5.75 Å². The summed E-state index contributed by atoms with van der Waals surface area (Å²) < 4.78 is 6.31. The van der Waals surface area contributed by atoms with Gasteiger partial charge in [0.05, 0.1) is 12.7 Å². The van der Waals surface area contributed by atoms with Gasteiger partial charge in [-0.1, -0.05) is 12.1 Å². The topological polar surface area (TPSA) is 46.5 Å². The molecule has 0 aliphatic rings. The quantitative estimate of drug-likeness (QED) is 0.840. The van der Waals surface area contributed by atoms with E-state index in [9.17, 15) is 4.79 Å². The van der Waals surface area contributed by atoms with Crippen LogP contribution < -0.4 is 4.74 Å². The lowest BCUT2D eigenvalue weighted by atomic mass is 10.0. The highest BCUT2D eigenvalue weighted by Gasteiger charge is 2.08. The maximum absolute atomic E-state index is 11.1. The molecule has 2 aromatic carbocycles. The van der Waals surface area contributed by atoms with E-state index in [0.29, 0.717) is 12.2 Å². The average Bonchev–Trinajstić information content (AvgIpc) is 2.38. The lowest BCUT2D eigenvalue weighted by Gasteiger charge is -2.07. The van der Waals surface area contributed by atoms with E-state index in [1.165, 1.54) is 13.2 Å². The number of hydrogen-bond acceptors (Lipinski definition) is 2. The summed E-state index contributed by atoms with van der Waals surface area (Å²) in [5.41, 5.74) is 2.33. The zero-order chi connectivity index (χ0) is 13.8. The highest BCUT2D eigenvalue weighted by Crippen LogP contribution is 2.20. The van der Waals surface area contributed by atoms with Crippen molar-refractivity contribution in [2.45, 2.75) is 6.42 Å². The fourth-order valence-corrected chi connectivity index (χ4v) is 2.49. The number of carbonyl (C=O) groups is 1. The molecule has 3 nitrogen and oxygen atoms in total. The van der Waals surface area contributed by atoms with Crippen molar-refractivity contribution in [3.8, 4) is 5.75 Å². The summed E-state index contributed by atoms with van der Waals surface area (Å²) in [5, 5.41) is 9.08. The molecular weight excluding hydrogens is 355 g/mol. The van der Waals surface area contributed by atoms with Crippen LogP contribution >= 0.6 is 22.6 Å². The third-order valence-corrected chi connectivity index (χ3v) is 3.42. The predicted molar refractivity (Wildman–Crippen MR) is 81.9 cm³/mol. The minimum Gasteiger partial charge on any atom is -0.497 e. The molecule has 0 radical (unpaired) electrons. The fraction of sp³-hybridized carbons (Fsp3) is 0.133. The smallest absolute Gasteiger partial charge is 0.335 e.